The Morgan fingerprint density at radius 3 is 1.43 bits per heavy atom. The van der Waals surface area contributed by atoms with E-state index in [-0.39, 0.29) is 0 Å². The van der Waals surface area contributed by atoms with Crippen molar-refractivity contribution in [1.82, 2.24) is 9.97 Å². The van der Waals surface area contributed by atoms with E-state index in [1.807, 2.05) is 24.3 Å². The first-order valence-electron chi connectivity index (χ1n) is 8.26. The second kappa shape index (κ2) is 9.83. The van der Waals surface area contributed by atoms with Crippen molar-refractivity contribution < 1.29 is 0 Å². The van der Waals surface area contributed by atoms with E-state index in [0.29, 0.717) is 21.4 Å². The van der Waals surface area contributed by atoms with Crippen LogP contribution in [0.4, 0.5) is 10.3 Å². The van der Waals surface area contributed by atoms with Gasteiger partial charge in [0.15, 0.2) is 10.3 Å². The number of nitrogen functional groups attached to an aromatic ring is 2. The van der Waals surface area contributed by atoms with Crippen molar-refractivity contribution in [1.29, 1.82) is 10.5 Å². The molecular weight excluding hydrogens is 548 g/mol. The van der Waals surface area contributed by atoms with Gasteiger partial charge in [-0.25, -0.2) is 9.97 Å². The van der Waals surface area contributed by atoms with Gasteiger partial charge in [0.25, 0.3) is 0 Å². The molecule has 10 heteroatoms. The molecule has 0 spiro atoms. The average Bonchev–Trinajstić information content (AvgIpc) is 3.28. The molecule has 0 saturated heterocycles. The Morgan fingerprint density at radius 2 is 1.13 bits per heavy atom. The first-order valence-corrected chi connectivity index (χ1v) is 11.5. The number of halogens is 2. The van der Waals surface area contributed by atoms with Crippen LogP contribution < -0.4 is 11.5 Å². The smallest absolute Gasteiger partial charge is 0.181 e. The highest BCUT2D eigenvalue weighted by Gasteiger charge is 2.10. The van der Waals surface area contributed by atoms with Gasteiger partial charge in [-0.1, -0.05) is 46.9 Å². The Hall–Kier alpha value is -2.76. The van der Waals surface area contributed by atoms with Crippen LogP contribution in [0.5, 0.6) is 0 Å². The van der Waals surface area contributed by atoms with E-state index in [4.69, 9.17) is 22.0 Å². The average molecular weight is 560 g/mol. The molecule has 30 heavy (non-hydrogen) atoms. The van der Waals surface area contributed by atoms with Gasteiger partial charge in [-0.15, -0.1) is 0 Å². The summed E-state index contributed by atoms with van der Waals surface area (Å²) >= 11 is 9.54. The van der Waals surface area contributed by atoms with Crippen molar-refractivity contribution in [3.63, 3.8) is 0 Å². The van der Waals surface area contributed by atoms with Gasteiger partial charge in [0.05, 0.1) is 42.2 Å². The van der Waals surface area contributed by atoms with Crippen LogP contribution in [0.25, 0.3) is 22.5 Å². The van der Waals surface area contributed by atoms with Gasteiger partial charge in [-0.2, -0.15) is 10.5 Å². The van der Waals surface area contributed by atoms with Gasteiger partial charge < -0.3 is 11.5 Å². The molecule has 0 aliphatic carbocycles. The maximum Gasteiger partial charge on any atom is 0.181 e. The summed E-state index contributed by atoms with van der Waals surface area (Å²) in [6.07, 6.45) is 0. The summed E-state index contributed by atoms with van der Waals surface area (Å²) in [5.74, 6) is 0. The molecule has 0 radical (unpaired) electrons. The monoisotopic (exact) mass is 558 g/mol. The van der Waals surface area contributed by atoms with E-state index in [2.05, 4.69) is 54.0 Å². The molecule has 0 unspecified atom stereocenters. The van der Waals surface area contributed by atoms with Crippen molar-refractivity contribution in [3.8, 4) is 34.7 Å². The van der Waals surface area contributed by atoms with Crippen LogP contribution in [0.3, 0.4) is 0 Å². The molecule has 4 aromatic rings. The van der Waals surface area contributed by atoms with Crippen LogP contribution in [-0.4, -0.2) is 9.97 Å². The number of aromatic nitrogens is 2. The van der Waals surface area contributed by atoms with E-state index in [1.54, 1.807) is 24.3 Å². The fourth-order valence-corrected chi connectivity index (χ4v) is 5.25. The standard InChI is InChI=1S/2C10H6BrN3S/c2*11-9-8(14-10(13)15-9)7-3-1-2-6(4-7)5-12/h2*1-4H,(H2,13,14). The van der Waals surface area contributed by atoms with Crippen molar-refractivity contribution in [2.45, 2.75) is 0 Å². The second-order valence-electron chi connectivity index (χ2n) is 5.73. The Morgan fingerprint density at radius 1 is 0.733 bits per heavy atom. The molecule has 0 amide bonds. The van der Waals surface area contributed by atoms with Crippen LogP contribution in [0.2, 0.25) is 0 Å². The molecule has 148 valence electrons. The minimum Gasteiger partial charge on any atom is -0.375 e. The largest absolute Gasteiger partial charge is 0.375 e. The predicted molar refractivity (Wildman–Crippen MR) is 129 cm³/mol. The van der Waals surface area contributed by atoms with Gasteiger partial charge in [0.2, 0.25) is 0 Å². The number of hydrogen-bond donors (Lipinski definition) is 2. The molecule has 2 aromatic carbocycles. The number of hydrogen-bond acceptors (Lipinski definition) is 8. The van der Waals surface area contributed by atoms with E-state index in [1.165, 1.54) is 22.7 Å². The second-order valence-corrected chi connectivity index (χ2v) is 10.4. The summed E-state index contributed by atoms with van der Waals surface area (Å²) in [6, 6.07) is 18.7. The number of nitrogens with two attached hydrogens (primary N) is 2. The number of nitrogens with zero attached hydrogens (tertiary/aromatic N) is 4. The number of nitriles is 2. The maximum absolute atomic E-state index is 8.78. The minimum absolute atomic E-state index is 0.513. The van der Waals surface area contributed by atoms with Crippen molar-refractivity contribution in [2.24, 2.45) is 0 Å². The molecular formula is C20H12Br2N6S2. The summed E-state index contributed by atoms with van der Waals surface area (Å²) in [7, 11) is 0. The lowest BCUT2D eigenvalue weighted by Gasteiger charge is -1.97. The zero-order valence-electron chi connectivity index (χ0n) is 15.1. The molecule has 6 nitrogen and oxygen atoms in total. The zero-order chi connectivity index (χ0) is 21.7. The van der Waals surface area contributed by atoms with Gasteiger partial charge in [0.1, 0.15) is 0 Å². The van der Waals surface area contributed by atoms with E-state index >= 15 is 0 Å². The SMILES string of the molecule is N#Cc1cccc(-c2nc(N)sc2Br)c1.N#Cc1cccc(-c2nc(N)sc2Br)c1. The van der Waals surface area contributed by atoms with Crippen molar-refractivity contribution in [2.75, 3.05) is 11.5 Å². The maximum atomic E-state index is 8.78. The number of thiazole rings is 2. The minimum atomic E-state index is 0.513. The zero-order valence-corrected chi connectivity index (χ0v) is 19.9. The van der Waals surface area contributed by atoms with E-state index in [9.17, 15) is 0 Å². The molecule has 0 atom stereocenters. The van der Waals surface area contributed by atoms with Crippen LogP contribution in [0.15, 0.2) is 56.1 Å². The van der Waals surface area contributed by atoms with Crippen LogP contribution >= 0.6 is 54.5 Å². The highest BCUT2D eigenvalue weighted by molar-refractivity contribution is 9.11. The lowest BCUT2D eigenvalue weighted by atomic mass is 10.1. The number of anilines is 2. The molecule has 4 N–H and O–H groups in total. The molecule has 2 aromatic heterocycles. The molecule has 2 heterocycles. The summed E-state index contributed by atoms with van der Waals surface area (Å²) in [5, 5.41) is 18.6. The third-order valence-electron chi connectivity index (χ3n) is 3.73. The van der Waals surface area contributed by atoms with Gasteiger partial charge in [-0.05, 0) is 56.1 Å². The molecule has 0 saturated carbocycles. The van der Waals surface area contributed by atoms with E-state index in [0.717, 1.165) is 30.1 Å². The number of benzene rings is 2. The molecule has 0 bridgehead atoms. The lowest BCUT2D eigenvalue weighted by molar-refractivity contribution is 1.39. The highest BCUT2D eigenvalue weighted by atomic mass is 79.9. The topological polar surface area (TPSA) is 125 Å². The van der Waals surface area contributed by atoms with Crippen LogP contribution in [-0.2, 0) is 0 Å². The van der Waals surface area contributed by atoms with Crippen LogP contribution in [0, 0.1) is 22.7 Å². The summed E-state index contributed by atoms with van der Waals surface area (Å²) < 4.78 is 1.77. The first-order chi connectivity index (χ1) is 14.4. The summed E-state index contributed by atoms with van der Waals surface area (Å²) in [5.41, 5.74) is 15.8. The Bertz CT molecular complexity index is 1180. The van der Waals surface area contributed by atoms with Gasteiger partial charge >= 0.3 is 0 Å². The van der Waals surface area contributed by atoms with Gasteiger partial charge in [0, 0.05) is 11.1 Å². The van der Waals surface area contributed by atoms with Crippen LogP contribution in [0.1, 0.15) is 11.1 Å². The highest BCUT2D eigenvalue weighted by Crippen LogP contribution is 2.35. The molecule has 0 aliphatic rings. The predicted octanol–water partition coefficient (Wildman–Crippen LogP) is 6.05. The summed E-state index contributed by atoms with van der Waals surface area (Å²) in [4.78, 5) is 8.39. The third kappa shape index (κ3) is 5.23. The Balaban J connectivity index is 0.000000171. The van der Waals surface area contributed by atoms with Gasteiger partial charge in [-0.3, -0.25) is 0 Å². The fourth-order valence-electron chi connectivity index (χ4n) is 2.46. The molecule has 0 aliphatic heterocycles. The van der Waals surface area contributed by atoms with Crippen molar-refractivity contribution in [3.05, 3.63) is 67.2 Å². The lowest BCUT2D eigenvalue weighted by Crippen LogP contribution is -1.84. The van der Waals surface area contributed by atoms with E-state index < -0.39 is 0 Å². The first kappa shape index (κ1) is 21.9. The number of rotatable bonds is 2. The third-order valence-corrected chi connectivity index (χ3v) is 6.80. The normalized spacial score (nSPS) is 9.87. The molecule has 0 fully saturated rings. The molecule has 4 rings (SSSR count). The Labute approximate surface area is 197 Å². The summed E-state index contributed by atoms with van der Waals surface area (Å²) in [6.45, 7) is 0. The van der Waals surface area contributed by atoms with Crippen molar-refractivity contribution >= 4 is 64.8 Å². The quantitative estimate of drug-likeness (QED) is 0.308. The fraction of sp³-hybridized carbons (Fsp3) is 0. The Kier molecular flexibility index (Phi) is 7.19.